The minimum Gasteiger partial charge on any atom is -0.459 e. The Labute approximate surface area is 280 Å². The Morgan fingerprint density at radius 2 is 1.74 bits per heavy atom. The van der Waals surface area contributed by atoms with E-state index in [1.807, 2.05) is 18.9 Å². The van der Waals surface area contributed by atoms with Gasteiger partial charge in [-0.15, -0.1) is 12.3 Å². The van der Waals surface area contributed by atoms with Crippen LogP contribution in [0.25, 0.3) is 0 Å². The Bertz CT molecular complexity index is 1110. The van der Waals surface area contributed by atoms with Gasteiger partial charge in [0.2, 0.25) is 0 Å². The molecule has 2 saturated heterocycles. The van der Waals surface area contributed by atoms with Crippen molar-refractivity contribution in [1.29, 1.82) is 0 Å². The van der Waals surface area contributed by atoms with Crippen molar-refractivity contribution in [2.24, 2.45) is 23.7 Å². The number of cyclic esters (lactones) is 1. The van der Waals surface area contributed by atoms with Gasteiger partial charge < -0.3 is 39.0 Å². The molecule has 0 aromatic heterocycles. The minimum absolute atomic E-state index is 0.0886. The van der Waals surface area contributed by atoms with Crippen LogP contribution < -0.4 is 0 Å². The summed E-state index contributed by atoms with van der Waals surface area (Å²) < 4.78 is 30.6. The molecule has 2 rings (SSSR count). The molecular weight excluding hydrogens is 610 g/mol. The van der Waals surface area contributed by atoms with Gasteiger partial charge in [-0.3, -0.25) is 19.3 Å². The number of rotatable bonds is 8. The lowest BCUT2D eigenvalue weighted by Gasteiger charge is -2.49. The number of methoxy groups -OCH3 is 1. The predicted molar refractivity (Wildman–Crippen MR) is 174 cm³/mol. The molecule has 270 valence electrons. The van der Waals surface area contributed by atoms with E-state index in [-0.39, 0.29) is 30.8 Å². The molecule has 3 N–H and O–H groups in total. The lowest BCUT2D eigenvalue weighted by molar-refractivity contribution is -0.304. The first-order valence-corrected chi connectivity index (χ1v) is 16.8. The van der Waals surface area contributed by atoms with Crippen LogP contribution in [0.1, 0.15) is 88.0 Å². The third-order valence-electron chi connectivity index (χ3n) is 10.3. The molecule has 2 heterocycles. The predicted octanol–water partition coefficient (Wildman–Crippen LogP) is 2.48. The van der Waals surface area contributed by atoms with E-state index in [1.54, 1.807) is 27.7 Å². The van der Waals surface area contributed by atoms with Crippen molar-refractivity contribution >= 4 is 17.7 Å². The Morgan fingerprint density at radius 3 is 2.28 bits per heavy atom. The van der Waals surface area contributed by atoms with E-state index in [4.69, 9.17) is 30.1 Å². The highest BCUT2D eigenvalue weighted by Gasteiger charge is 2.52. The number of Topliss-reactive ketones (excluding diaryl/α,β-unsaturated/α-hetero) is 1. The third kappa shape index (κ3) is 9.53. The summed E-state index contributed by atoms with van der Waals surface area (Å²) in [4.78, 5) is 41.6. The second-order valence-corrected chi connectivity index (χ2v) is 14.1. The molecule has 2 fully saturated rings. The number of esters is 2. The molecule has 2 aliphatic heterocycles. The third-order valence-corrected chi connectivity index (χ3v) is 10.3. The van der Waals surface area contributed by atoms with Crippen LogP contribution in [0.2, 0.25) is 0 Å². The Morgan fingerprint density at radius 1 is 1.13 bits per heavy atom. The van der Waals surface area contributed by atoms with E-state index in [9.17, 15) is 29.7 Å². The fraction of sp³-hybridized carbons (Fsp3) is 0.857. The zero-order valence-electron chi connectivity index (χ0n) is 30.1. The molecular formula is C35H59NO11. The van der Waals surface area contributed by atoms with Crippen molar-refractivity contribution in [2.75, 3.05) is 20.7 Å². The largest absolute Gasteiger partial charge is 0.459 e. The Balaban J connectivity index is 2.67. The first-order chi connectivity index (χ1) is 21.8. The van der Waals surface area contributed by atoms with Gasteiger partial charge in [0.15, 0.2) is 12.4 Å². The molecule has 0 radical (unpaired) electrons. The van der Waals surface area contributed by atoms with E-state index < -0.39 is 83.6 Å². The fourth-order valence-corrected chi connectivity index (χ4v) is 7.22. The summed E-state index contributed by atoms with van der Waals surface area (Å²) in [5.41, 5.74) is -3.21. The van der Waals surface area contributed by atoms with Crippen molar-refractivity contribution < 1.29 is 53.4 Å². The number of aliphatic hydroxyl groups is 3. The van der Waals surface area contributed by atoms with Gasteiger partial charge in [0, 0.05) is 44.8 Å². The summed E-state index contributed by atoms with van der Waals surface area (Å²) in [6.45, 7) is 15.0. The number of ether oxygens (including phenoxy) is 5. The highest BCUT2D eigenvalue weighted by Crippen LogP contribution is 2.39. The van der Waals surface area contributed by atoms with Crippen molar-refractivity contribution in [3.63, 3.8) is 0 Å². The van der Waals surface area contributed by atoms with Crippen LogP contribution in [-0.2, 0) is 38.1 Å². The topological polar surface area (TPSA) is 161 Å². The van der Waals surface area contributed by atoms with Crippen molar-refractivity contribution in [3.05, 3.63) is 0 Å². The molecule has 0 aromatic rings. The summed E-state index contributed by atoms with van der Waals surface area (Å²) in [5.74, 6) is -2.64. The number of carbonyl (C=O) groups excluding carboxylic acids is 3. The van der Waals surface area contributed by atoms with Gasteiger partial charge in [0.05, 0.1) is 42.0 Å². The maximum Gasteiger partial charge on any atom is 0.311 e. The number of terminal acetylenes is 1. The maximum atomic E-state index is 13.8. The summed E-state index contributed by atoms with van der Waals surface area (Å²) in [6.07, 6.45) is -0.579. The second kappa shape index (κ2) is 17.0. The van der Waals surface area contributed by atoms with Gasteiger partial charge >= 0.3 is 11.9 Å². The molecule has 0 aromatic carbocycles. The summed E-state index contributed by atoms with van der Waals surface area (Å²) in [6, 6.07) is -0.316. The van der Waals surface area contributed by atoms with Crippen LogP contribution in [0.5, 0.6) is 0 Å². The van der Waals surface area contributed by atoms with Gasteiger partial charge in [-0.2, -0.15) is 0 Å². The molecule has 0 spiro atoms. The number of nitrogens with zero attached hydrogens (tertiary/aromatic N) is 1. The Hall–Kier alpha value is -2.11. The quantitative estimate of drug-likeness (QED) is 0.256. The second-order valence-electron chi connectivity index (χ2n) is 14.1. The van der Waals surface area contributed by atoms with Gasteiger partial charge in [-0.05, 0) is 54.0 Å². The highest BCUT2D eigenvalue weighted by molar-refractivity contribution is 5.83. The molecule has 0 amide bonds. The molecule has 0 unspecified atom stereocenters. The summed E-state index contributed by atoms with van der Waals surface area (Å²) in [5, 5.41) is 34.3. The fourth-order valence-electron chi connectivity index (χ4n) is 7.22. The van der Waals surface area contributed by atoms with Gasteiger partial charge in [0.25, 0.3) is 0 Å². The van der Waals surface area contributed by atoms with Crippen LogP contribution in [0.3, 0.4) is 0 Å². The molecule has 0 bridgehead atoms. The van der Waals surface area contributed by atoms with Crippen molar-refractivity contribution in [2.45, 2.75) is 148 Å². The van der Waals surface area contributed by atoms with Crippen molar-refractivity contribution in [3.8, 4) is 12.3 Å². The molecule has 0 aliphatic carbocycles. The van der Waals surface area contributed by atoms with Gasteiger partial charge in [0.1, 0.15) is 17.5 Å². The average Bonchev–Trinajstić information content (AvgIpc) is 3.02. The monoisotopic (exact) mass is 669 g/mol. The van der Waals surface area contributed by atoms with Crippen LogP contribution in [-0.4, -0.2) is 119 Å². The van der Waals surface area contributed by atoms with E-state index in [1.165, 1.54) is 34.8 Å². The minimum atomic E-state index is -1.94. The van der Waals surface area contributed by atoms with E-state index in [0.717, 1.165) is 0 Å². The number of carbonyl (C=O) groups is 3. The van der Waals surface area contributed by atoms with Crippen molar-refractivity contribution in [1.82, 2.24) is 4.90 Å². The van der Waals surface area contributed by atoms with E-state index >= 15 is 0 Å². The van der Waals surface area contributed by atoms with Crippen LogP contribution in [0, 0.1) is 36.0 Å². The van der Waals surface area contributed by atoms with Crippen LogP contribution >= 0.6 is 0 Å². The number of ketones is 1. The number of aliphatic hydroxyl groups excluding tert-OH is 2. The first kappa shape index (κ1) is 41.1. The maximum absolute atomic E-state index is 13.8. The molecule has 12 nitrogen and oxygen atoms in total. The van der Waals surface area contributed by atoms with Gasteiger partial charge in [-0.25, -0.2) is 0 Å². The molecule has 12 heteroatoms. The molecule has 14 atom stereocenters. The number of likely N-dealkylation sites (N-methyl/N-ethyl adjacent to an activating group) is 1. The van der Waals surface area contributed by atoms with Crippen LogP contribution in [0.15, 0.2) is 0 Å². The summed E-state index contributed by atoms with van der Waals surface area (Å²) in [7, 11) is 3.35. The number of hydrogen-bond acceptors (Lipinski definition) is 12. The molecule has 2 aliphatic rings. The smallest absolute Gasteiger partial charge is 0.311 e. The normalized spacial score (nSPS) is 42.7. The van der Waals surface area contributed by atoms with Crippen LogP contribution in [0.4, 0.5) is 0 Å². The van der Waals surface area contributed by atoms with E-state index in [0.29, 0.717) is 19.4 Å². The van der Waals surface area contributed by atoms with E-state index in [2.05, 4.69) is 5.92 Å². The Kier molecular flexibility index (Phi) is 14.9. The molecule has 47 heavy (non-hydrogen) atoms. The number of hydrogen-bond donors (Lipinski definition) is 3. The summed E-state index contributed by atoms with van der Waals surface area (Å²) >= 11 is 0. The zero-order valence-corrected chi connectivity index (χ0v) is 30.1. The molecule has 0 saturated carbocycles. The average molecular weight is 670 g/mol. The SMILES string of the molecule is C#CCCN(C)[C@H]1C[C@@H](C)O[C@@H](O[C@@H]2[C@@H](C)[C@H](O)[C@@H](C)C(=O)O[C@H](CC)[C@@](C)(O)[C@H](O)[C@@H](C)C(=O)[C@H](C)C[C@@]2(C)OC)[C@H]1OC(C)=O. The van der Waals surface area contributed by atoms with Gasteiger partial charge in [-0.1, -0.05) is 27.7 Å². The lowest BCUT2D eigenvalue weighted by atomic mass is 9.74. The first-order valence-electron chi connectivity index (χ1n) is 16.8. The highest BCUT2D eigenvalue weighted by atomic mass is 16.7. The lowest BCUT2D eigenvalue weighted by Crippen LogP contribution is -2.61. The zero-order chi connectivity index (χ0) is 36.0. The standard InChI is InChI=1S/C35H59NO11/c1-13-15-16-36(11)25-17-20(4)44-33(29(25)45-24(8)37)47-31-22(6)28(39)23(7)32(41)46-26(14-2)35(10,42)30(40)21(5)27(38)19(3)18-34(31,9)43-12/h1,19-23,25-26,28-31,33,39-40,42H,14-18H2,2-12H3/t19-,20-,21+,22+,23-,25+,26-,28+,29+,30-,31-,33+,34-,35-/m1/s1.